The summed E-state index contributed by atoms with van der Waals surface area (Å²) in [6, 6.07) is 7.96. The van der Waals surface area contributed by atoms with E-state index in [0.717, 1.165) is 18.4 Å². The van der Waals surface area contributed by atoms with Crippen molar-refractivity contribution in [3.8, 4) is 0 Å². The molecule has 114 valence electrons. The van der Waals surface area contributed by atoms with Crippen LogP contribution in [0.1, 0.15) is 31.7 Å². The van der Waals surface area contributed by atoms with Gasteiger partial charge in [0.1, 0.15) is 6.04 Å². The summed E-state index contributed by atoms with van der Waals surface area (Å²) in [5, 5.41) is 14.5. The average molecular weight is 290 g/mol. The maximum atomic E-state index is 11.8. The molecular formula is C16H22N2O3. The minimum atomic E-state index is -1.02. The molecule has 1 aliphatic rings. The summed E-state index contributed by atoms with van der Waals surface area (Å²) in [4.78, 5) is 23.1. The van der Waals surface area contributed by atoms with Gasteiger partial charge >= 0.3 is 12.0 Å². The molecule has 1 atom stereocenters. The Hall–Kier alpha value is -2.04. The van der Waals surface area contributed by atoms with Crippen LogP contribution in [0.4, 0.5) is 4.79 Å². The van der Waals surface area contributed by atoms with E-state index in [1.807, 2.05) is 30.3 Å². The first-order valence-electron chi connectivity index (χ1n) is 7.30. The number of carbonyl (C=O) groups is 2. The fraction of sp³-hybridized carbons (Fsp3) is 0.500. The molecule has 0 spiro atoms. The zero-order chi connectivity index (χ0) is 15.3. The summed E-state index contributed by atoms with van der Waals surface area (Å²) in [7, 11) is 0. The molecule has 0 bridgehead atoms. The predicted octanol–water partition coefficient (Wildman–Crippen LogP) is 2.17. The minimum Gasteiger partial charge on any atom is -0.480 e. The molecule has 0 aromatic heterocycles. The molecule has 0 saturated heterocycles. The van der Waals surface area contributed by atoms with Crippen LogP contribution in [0.3, 0.4) is 0 Å². The summed E-state index contributed by atoms with van der Waals surface area (Å²) >= 11 is 0. The Labute approximate surface area is 124 Å². The molecule has 21 heavy (non-hydrogen) atoms. The number of carboxylic acid groups (broad SMARTS) is 1. The van der Waals surface area contributed by atoms with Gasteiger partial charge < -0.3 is 15.7 Å². The molecule has 5 heteroatoms. The van der Waals surface area contributed by atoms with Crippen LogP contribution >= 0.6 is 0 Å². The molecule has 2 rings (SSSR count). The van der Waals surface area contributed by atoms with Gasteiger partial charge in [-0.25, -0.2) is 9.59 Å². The van der Waals surface area contributed by atoms with Crippen LogP contribution < -0.4 is 10.6 Å². The smallest absolute Gasteiger partial charge is 0.326 e. The molecule has 0 aliphatic heterocycles. The van der Waals surface area contributed by atoms with Crippen molar-refractivity contribution in [2.75, 3.05) is 6.54 Å². The second-order valence-electron chi connectivity index (χ2n) is 6.07. The number of aliphatic carboxylic acids is 1. The zero-order valence-electron chi connectivity index (χ0n) is 12.3. The van der Waals surface area contributed by atoms with Gasteiger partial charge in [0, 0.05) is 13.0 Å². The summed E-state index contributed by atoms with van der Waals surface area (Å²) in [6.07, 6.45) is 3.70. The van der Waals surface area contributed by atoms with E-state index in [1.165, 1.54) is 6.42 Å². The maximum absolute atomic E-state index is 11.8. The number of hydrogen-bond acceptors (Lipinski definition) is 2. The Morgan fingerprint density at radius 3 is 2.48 bits per heavy atom. The first-order chi connectivity index (χ1) is 9.98. The quantitative estimate of drug-likeness (QED) is 0.751. The normalized spacial score (nSPS) is 17.4. The number of carboxylic acids is 1. The van der Waals surface area contributed by atoms with E-state index in [0.29, 0.717) is 6.54 Å². The van der Waals surface area contributed by atoms with Crippen molar-refractivity contribution in [3.63, 3.8) is 0 Å². The second kappa shape index (κ2) is 6.61. The fourth-order valence-electron chi connectivity index (χ4n) is 2.51. The van der Waals surface area contributed by atoms with E-state index in [9.17, 15) is 14.7 Å². The fourth-order valence-corrected chi connectivity index (χ4v) is 2.51. The third-order valence-electron chi connectivity index (χ3n) is 4.12. The van der Waals surface area contributed by atoms with Crippen molar-refractivity contribution in [2.24, 2.45) is 5.41 Å². The Bertz CT molecular complexity index is 498. The van der Waals surface area contributed by atoms with Crippen LogP contribution in [-0.2, 0) is 11.2 Å². The molecule has 1 aliphatic carbocycles. The first-order valence-corrected chi connectivity index (χ1v) is 7.30. The largest absolute Gasteiger partial charge is 0.480 e. The van der Waals surface area contributed by atoms with Crippen molar-refractivity contribution >= 4 is 12.0 Å². The van der Waals surface area contributed by atoms with Gasteiger partial charge in [0.2, 0.25) is 0 Å². The summed E-state index contributed by atoms with van der Waals surface area (Å²) in [6.45, 7) is 2.73. The third-order valence-corrected chi connectivity index (χ3v) is 4.12. The van der Waals surface area contributed by atoms with E-state index in [1.54, 1.807) is 0 Å². The van der Waals surface area contributed by atoms with Gasteiger partial charge in [0.15, 0.2) is 0 Å². The van der Waals surface area contributed by atoms with Crippen molar-refractivity contribution < 1.29 is 14.7 Å². The van der Waals surface area contributed by atoms with Crippen LogP contribution in [0.5, 0.6) is 0 Å². The Morgan fingerprint density at radius 1 is 1.29 bits per heavy atom. The topological polar surface area (TPSA) is 78.4 Å². The Kier molecular flexibility index (Phi) is 4.83. The highest BCUT2D eigenvalue weighted by Crippen LogP contribution is 2.39. The summed E-state index contributed by atoms with van der Waals surface area (Å²) < 4.78 is 0. The van der Waals surface area contributed by atoms with Crippen molar-refractivity contribution in [2.45, 2.75) is 38.6 Å². The number of rotatable bonds is 6. The van der Waals surface area contributed by atoms with Crippen molar-refractivity contribution in [1.82, 2.24) is 10.6 Å². The van der Waals surface area contributed by atoms with Crippen molar-refractivity contribution in [1.29, 1.82) is 0 Å². The molecule has 0 unspecified atom stereocenters. The van der Waals surface area contributed by atoms with Crippen LogP contribution in [-0.4, -0.2) is 29.7 Å². The molecule has 2 amide bonds. The van der Waals surface area contributed by atoms with Crippen molar-refractivity contribution in [3.05, 3.63) is 35.9 Å². The average Bonchev–Trinajstić information content (AvgIpc) is 2.43. The lowest BCUT2D eigenvalue weighted by Crippen LogP contribution is -2.50. The SMILES string of the molecule is CC1(CNC(=O)N[C@H](Cc2ccccc2)C(=O)O)CCC1. The molecule has 0 heterocycles. The van der Waals surface area contributed by atoms with Crippen LogP contribution in [0.2, 0.25) is 0 Å². The lowest BCUT2D eigenvalue weighted by molar-refractivity contribution is -0.139. The van der Waals surface area contributed by atoms with E-state index < -0.39 is 18.0 Å². The van der Waals surface area contributed by atoms with Crippen LogP contribution in [0.25, 0.3) is 0 Å². The van der Waals surface area contributed by atoms with E-state index in [4.69, 9.17) is 0 Å². The van der Waals surface area contributed by atoms with Gasteiger partial charge in [-0.05, 0) is 23.8 Å². The zero-order valence-corrected chi connectivity index (χ0v) is 12.3. The van der Waals surface area contributed by atoms with Gasteiger partial charge in [0.25, 0.3) is 0 Å². The molecule has 5 nitrogen and oxygen atoms in total. The number of hydrogen-bond donors (Lipinski definition) is 3. The molecule has 1 fully saturated rings. The number of carbonyl (C=O) groups excluding carboxylic acids is 1. The lowest BCUT2D eigenvalue weighted by atomic mass is 9.70. The molecule has 1 saturated carbocycles. The number of amides is 2. The molecule has 1 aromatic carbocycles. The highest BCUT2D eigenvalue weighted by molar-refractivity contribution is 5.82. The van der Waals surface area contributed by atoms with E-state index in [-0.39, 0.29) is 11.8 Å². The highest BCUT2D eigenvalue weighted by Gasteiger charge is 2.32. The second-order valence-corrected chi connectivity index (χ2v) is 6.07. The molecule has 3 N–H and O–H groups in total. The predicted molar refractivity (Wildman–Crippen MR) is 80.1 cm³/mol. The van der Waals surface area contributed by atoms with Gasteiger partial charge in [0.05, 0.1) is 0 Å². The van der Waals surface area contributed by atoms with Gasteiger partial charge in [-0.15, -0.1) is 0 Å². The third kappa shape index (κ3) is 4.48. The highest BCUT2D eigenvalue weighted by atomic mass is 16.4. The Morgan fingerprint density at radius 2 is 1.95 bits per heavy atom. The maximum Gasteiger partial charge on any atom is 0.326 e. The number of benzene rings is 1. The van der Waals surface area contributed by atoms with E-state index in [2.05, 4.69) is 17.6 Å². The molecule has 1 aromatic rings. The first kappa shape index (κ1) is 15.4. The lowest BCUT2D eigenvalue weighted by Gasteiger charge is -2.38. The van der Waals surface area contributed by atoms with E-state index >= 15 is 0 Å². The summed E-state index contributed by atoms with van der Waals surface area (Å²) in [5.41, 5.74) is 1.06. The Balaban J connectivity index is 1.84. The molecule has 0 radical (unpaired) electrons. The van der Waals surface area contributed by atoms with Gasteiger partial charge in [-0.1, -0.05) is 43.7 Å². The van der Waals surface area contributed by atoms with Crippen LogP contribution in [0, 0.1) is 5.41 Å². The standard InChI is InChI=1S/C16H22N2O3/c1-16(8-5-9-16)11-17-15(21)18-13(14(19)20)10-12-6-3-2-4-7-12/h2-4,6-7,13H,5,8-11H2,1H3,(H,19,20)(H2,17,18,21)/t13-/m1/s1. The molecular weight excluding hydrogens is 268 g/mol. The van der Waals surface area contributed by atoms with Crippen LogP contribution in [0.15, 0.2) is 30.3 Å². The van der Waals surface area contributed by atoms with Gasteiger partial charge in [-0.2, -0.15) is 0 Å². The number of nitrogens with one attached hydrogen (secondary N) is 2. The monoisotopic (exact) mass is 290 g/mol. The summed E-state index contributed by atoms with van der Waals surface area (Å²) in [5.74, 6) is -1.02. The number of urea groups is 1. The van der Waals surface area contributed by atoms with Gasteiger partial charge in [-0.3, -0.25) is 0 Å². The minimum absolute atomic E-state index is 0.176.